The van der Waals surface area contributed by atoms with Gasteiger partial charge in [0, 0.05) is 12.1 Å². The van der Waals surface area contributed by atoms with Gasteiger partial charge < -0.3 is 9.47 Å². The Morgan fingerprint density at radius 2 is 1.62 bits per heavy atom. The molecule has 0 spiro atoms. The second-order valence-electron chi connectivity index (χ2n) is 5.00. The smallest absolute Gasteiger partial charge is 0.280 e. The third kappa shape index (κ3) is 3.76. The summed E-state index contributed by atoms with van der Waals surface area (Å²) < 4.78 is 10.2. The van der Waals surface area contributed by atoms with Gasteiger partial charge in [-0.15, -0.1) is 0 Å². The summed E-state index contributed by atoms with van der Waals surface area (Å²) in [6.07, 6.45) is 1.32. The van der Waals surface area contributed by atoms with Gasteiger partial charge in [-0.05, 0) is 29.8 Å². The normalized spacial score (nSPS) is 10.7. The maximum Gasteiger partial charge on any atom is 0.280 e. The number of nitro groups is 2. The van der Waals surface area contributed by atoms with Crippen molar-refractivity contribution in [2.75, 3.05) is 14.2 Å². The first-order valence-electron chi connectivity index (χ1n) is 7.18. The van der Waals surface area contributed by atoms with Crippen LogP contribution in [0.15, 0.2) is 36.4 Å². The van der Waals surface area contributed by atoms with Crippen molar-refractivity contribution < 1.29 is 19.3 Å². The molecule has 2 rings (SSSR count). The number of rotatable bonds is 6. The van der Waals surface area contributed by atoms with E-state index >= 15 is 0 Å². The second kappa shape index (κ2) is 7.76. The SMILES string of the molecule is COc1cc(/C=C(/C#N)c2ccc([N+](=O)[O-])cc2)c([N+](=O)[O-])cc1OC. The van der Waals surface area contributed by atoms with Crippen LogP contribution in [0.1, 0.15) is 11.1 Å². The Balaban J connectivity index is 2.59. The van der Waals surface area contributed by atoms with Crippen molar-refractivity contribution in [3.63, 3.8) is 0 Å². The highest BCUT2D eigenvalue weighted by Crippen LogP contribution is 2.36. The maximum absolute atomic E-state index is 11.3. The van der Waals surface area contributed by atoms with E-state index in [1.54, 1.807) is 0 Å². The van der Waals surface area contributed by atoms with Gasteiger partial charge >= 0.3 is 0 Å². The van der Waals surface area contributed by atoms with E-state index in [0.29, 0.717) is 5.56 Å². The summed E-state index contributed by atoms with van der Waals surface area (Å²) in [6, 6.07) is 9.85. The molecule has 0 aliphatic carbocycles. The topological polar surface area (TPSA) is 129 Å². The van der Waals surface area contributed by atoms with Crippen LogP contribution in [0.2, 0.25) is 0 Å². The zero-order valence-corrected chi connectivity index (χ0v) is 13.8. The number of non-ortho nitro benzene ring substituents is 1. The predicted octanol–water partition coefficient (Wildman–Crippen LogP) is 3.58. The van der Waals surface area contributed by atoms with Crippen molar-refractivity contribution in [1.29, 1.82) is 5.26 Å². The van der Waals surface area contributed by atoms with E-state index in [-0.39, 0.29) is 34.0 Å². The molecule has 0 radical (unpaired) electrons. The minimum Gasteiger partial charge on any atom is -0.493 e. The Morgan fingerprint density at radius 1 is 1.04 bits per heavy atom. The zero-order chi connectivity index (χ0) is 19.3. The monoisotopic (exact) mass is 355 g/mol. The third-order valence-corrected chi connectivity index (χ3v) is 3.54. The molecule has 26 heavy (non-hydrogen) atoms. The number of nitrogens with zero attached hydrogens (tertiary/aromatic N) is 3. The lowest BCUT2D eigenvalue weighted by atomic mass is 10.0. The average molecular weight is 355 g/mol. The molecule has 0 saturated heterocycles. The quantitative estimate of drug-likeness (QED) is 0.335. The molecule has 0 unspecified atom stereocenters. The number of allylic oxidation sites excluding steroid dienone is 1. The first-order chi connectivity index (χ1) is 12.4. The molecular formula is C17H13N3O6. The van der Waals surface area contributed by atoms with Gasteiger partial charge in [0.1, 0.15) is 0 Å². The first kappa shape index (κ1) is 18.4. The van der Waals surface area contributed by atoms with Crippen molar-refractivity contribution in [2.24, 2.45) is 0 Å². The maximum atomic E-state index is 11.3. The predicted molar refractivity (Wildman–Crippen MR) is 92.8 cm³/mol. The highest BCUT2D eigenvalue weighted by Gasteiger charge is 2.19. The number of hydrogen-bond donors (Lipinski definition) is 0. The number of hydrogen-bond acceptors (Lipinski definition) is 7. The molecule has 9 nitrogen and oxygen atoms in total. The highest BCUT2D eigenvalue weighted by molar-refractivity contribution is 5.91. The molecule has 2 aromatic carbocycles. The number of benzene rings is 2. The van der Waals surface area contributed by atoms with Crippen LogP contribution in [0.25, 0.3) is 11.6 Å². The van der Waals surface area contributed by atoms with Gasteiger partial charge in [0.25, 0.3) is 11.4 Å². The van der Waals surface area contributed by atoms with Gasteiger partial charge in [0.15, 0.2) is 11.5 Å². The molecule has 9 heteroatoms. The number of methoxy groups -OCH3 is 2. The van der Waals surface area contributed by atoms with E-state index in [1.807, 2.05) is 6.07 Å². The van der Waals surface area contributed by atoms with Crippen LogP contribution in [0, 0.1) is 31.6 Å². The standard InChI is InChI=1S/C17H13N3O6/c1-25-16-8-12(15(20(23)24)9-17(16)26-2)7-13(10-18)11-3-5-14(6-4-11)19(21)22/h3-9H,1-2H3/b13-7-. The molecule has 0 saturated carbocycles. The molecule has 0 heterocycles. The Bertz CT molecular complexity index is 929. The van der Waals surface area contributed by atoms with Crippen LogP contribution >= 0.6 is 0 Å². The van der Waals surface area contributed by atoms with Crippen molar-refractivity contribution >= 4 is 23.0 Å². The lowest BCUT2D eigenvalue weighted by Gasteiger charge is -2.09. The fraction of sp³-hybridized carbons (Fsp3) is 0.118. The van der Waals surface area contributed by atoms with Gasteiger partial charge in [0.2, 0.25) is 0 Å². The molecule has 0 fully saturated rings. The van der Waals surface area contributed by atoms with Gasteiger partial charge in [-0.25, -0.2) is 0 Å². The van der Waals surface area contributed by atoms with Crippen molar-refractivity contribution in [2.45, 2.75) is 0 Å². The third-order valence-electron chi connectivity index (χ3n) is 3.54. The summed E-state index contributed by atoms with van der Waals surface area (Å²) in [6.45, 7) is 0. The summed E-state index contributed by atoms with van der Waals surface area (Å²) in [7, 11) is 2.74. The molecule has 0 bridgehead atoms. The average Bonchev–Trinajstić information content (AvgIpc) is 2.65. The van der Waals surface area contributed by atoms with Crippen LogP contribution < -0.4 is 9.47 Å². The van der Waals surface area contributed by atoms with Gasteiger partial charge in [-0.1, -0.05) is 0 Å². The number of nitriles is 1. The molecular weight excluding hydrogens is 342 g/mol. The first-order valence-corrected chi connectivity index (χ1v) is 7.18. The molecule has 2 aromatic rings. The lowest BCUT2D eigenvalue weighted by Crippen LogP contribution is -1.97. The van der Waals surface area contributed by atoms with Crippen LogP contribution in [0.4, 0.5) is 11.4 Å². The van der Waals surface area contributed by atoms with E-state index in [2.05, 4.69) is 0 Å². The molecule has 0 aliphatic heterocycles. The van der Waals surface area contributed by atoms with Gasteiger partial charge in [-0.3, -0.25) is 20.2 Å². The fourth-order valence-corrected chi connectivity index (χ4v) is 2.26. The van der Waals surface area contributed by atoms with E-state index < -0.39 is 9.85 Å². The summed E-state index contributed by atoms with van der Waals surface area (Å²) in [5.74, 6) is 0.454. The summed E-state index contributed by atoms with van der Waals surface area (Å²) in [5.41, 5.74) is 0.250. The van der Waals surface area contributed by atoms with E-state index in [4.69, 9.17) is 9.47 Å². The molecule has 0 N–H and O–H groups in total. The second-order valence-corrected chi connectivity index (χ2v) is 5.00. The Hall–Kier alpha value is -3.93. The van der Waals surface area contributed by atoms with Gasteiger partial charge in [-0.2, -0.15) is 5.26 Å². The fourth-order valence-electron chi connectivity index (χ4n) is 2.26. The van der Waals surface area contributed by atoms with Crippen LogP contribution in [-0.2, 0) is 0 Å². The Labute approximate surface area is 148 Å². The van der Waals surface area contributed by atoms with E-state index in [1.165, 1.54) is 56.7 Å². The molecule has 0 atom stereocenters. The summed E-state index contributed by atoms with van der Waals surface area (Å²) >= 11 is 0. The summed E-state index contributed by atoms with van der Waals surface area (Å²) in [4.78, 5) is 20.9. The Morgan fingerprint density at radius 3 is 2.08 bits per heavy atom. The molecule has 132 valence electrons. The Kier molecular flexibility index (Phi) is 5.49. The van der Waals surface area contributed by atoms with Crippen LogP contribution in [0.5, 0.6) is 11.5 Å². The van der Waals surface area contributed by atoms with Crippen molar-refractivity contribution in [3.8, 4) is 17.6 Å². The van der Waals surface area contributed by atoms with Crippen LogP contribution in [0.3, 0.4) is 0 Å². The molecule has 0 aromatic heterocycles. The lowest BCUT2D eigenvalue weighted by molar-refractivity contribution is -0.385. The minimum atomic E-state index is -0.599. The minimum absolute atomic E-state index is 0.107. The van der Waals surface area contributed by atoms with Crippen molar-refractivity contribution in [1.82, 2.24) is 0 Å². The molecule has 0 amide bonds. The highest BCUT2D eigenvalue weighted by atomic mass is 16.6. The number of ether oxygens (including phenoxy) is 2. The number of nitro benzene ring substituents is 2. The summed E-state index contributed by atoms with van der Waals surface area (Å²) in [5, 5.41) is 31.5. The zero-order valence-electron chi connectivity index (χ0n) is 13.8. The van der Waals surface area contributed by atoms with E-state index in [9.17, 15) is 25.5 Å². The van der Waals surface area contributed by atoms with Gasteiger partial charge in [0.05, 0.1) is 47.3 Å². The van der Waals surface area contributed by atoms with E-state index in [0.717, 1.165) is 0 Å². The van der Waals surface area contributed by atoms with Crippen molar-refractivity contribution in [3.05, 3.63) is 67.8 Å². The molecule has 0 aliphatic rings. The van der Waals surface area contributed by atoms with Crippen LogP contribution in [-0.4, -0.2) is 24.1 Å². The largest absolute Gasteiger partial charge is 0.493 e.